The van der Waals surface area contributed by atoms with Crippen LogP contribution < -0.4 is 5.32 Å². The van der Waals surface area contributed by atoms with Crippen molar-refractivity contribution >= 4 is 16.9 Å². The Balaban J connectivity index is 1.18. The van der Waals surface area contributed by atoms with Crippen LogP contribution in [0.2, 0.25) is 0 Å². The SMILES string of the molecule is c1ccc(CCOC[C@H]2C[C@@H](Nc3ncnc4[nH]ncc34)C2)cc1. The fourth-order valence-electron chi connectivity index (χ4n) is 3.15. The van der Waals surface area contributed by atoms with E-state index in [1.807, 2.05) is 6.07 Å². The monoisotopic (exact) mass is 323 g/mol. The summed E-state index contributed by atoms with van der Waals surface area (Å²) >= 11 is 0. The van der Waals surface area contributed by atoms with Gasteiger partial charge in [0.15, 0.2) is 5.65 Å². The third kappa shape index (κ3) is 3.38. The first-order valence-electron chi connectivity index (χ1n) is 8.41. The highest BCUT2D eigenvalue weighted by Gasteiger charge is 2.29. The first-order chi connectivity index (χ1) is 11.9. The number of anilines is 1. The highest BCUT2D eigenvalue weighted by atomic mass is 16.5. The maximum atomic E-state index is 5.83. The third-order valence-electron chi connectivity index (χ3n) is 4.56. The average molecular weight is 323 g/mol. The molecule has 1 aliphatic carbocycles. The van der Waals surface area contributed by atoms with Crippen LogP contribution >= 0.6 is 0 Å². The zero-order valence-electron chi connectivity index (χ0n) is 13.5. The molecule has 1 aliphatic rings. The Morgan fingerprint density at radius 1 is 1.17 bits per heavy atom. The molecule has 1 aromatic carbocycles. The second-order valence-corrected chi connectivity index (χ2v) is 6.34. The lowest BCUT2D eigenvalue weighted by Crippen LogP contribution is -2.38. The van der Waals surface area contributed by atoms with Gasteiger partial charge >= 0.3 is 0 Å². The molecule has 0 unspecified atom stereocenters. The van der Waals surface area contributed by atoms with E-state index in [4.69, 9.17) is 4.74 Å². The molecule has 0 aliphatic heterocycles. The second kappa shape index (κ2) is 6.97. The number of hydrogen-bond donors (Lipinski definition) is 2. The van der Waals surface area contributed by atoms with E-state index in [0.29, 0.717) is 12.0 Å². The van der Waals surface area contributed by atoms with Crippen molar-refractivity contribution in [3.8, 4) is 0 Å². The quantitative estimate of drug-likeness (QED) is 0.654. The number of aromatic amines is 1. The van der Waals surface area contributed by atoms with Crippen LogP contribution in [0.1, 0.15) is 18.4 Å². The maximum absolute atomic E-state index is 5.83. The fraction of sp³-hybridized carbons (Fsp3) is 0.389. The van der Waals surface area contributed by atoms with Crippen LogP contribution in [0.15, 0.2) is 42.9 Å². The first-order valence-corrected chi connectivity index (χ1v) is 8.41. The molecule has 0 bridgehead atoms. The zero-order valence-corrected chi connectivity index (χ0v) is 13.5. The van der Waals surface area contributed by atoms with Crippen LogP contribution in [0.25, 0.3) is 11.0 Å². The topological polar surface area (TPSA) is 75.7 Å². The lowest BCUT2D eigenvalue weighted by Gasteiger charge is -2.36. The predicted octanol–water partition coefficient (Wildman–Crippen LogP) is 2.80. The highest BCUT2D eigenvalue weighted by molar-refractivity contribution is 5.85. The summed E-state index contributed by atoms with van der Waals surface area (Å²) in [5.74, 6) is 1.50. The number of rotatable bonds is 7. The predicted molar refractivity (Wildman–Crippen MR) is 92.8 cm³/mol. The number of aromatic nitrogens is 4. The van der Waals surface area contributed by atoms with Gasteiger partial charge in [-0.05, 0) is 30.7 Å². The van der Waals surface area contributed by atoms with Crippen molar-refractivity contribution in [3.05, 3.63) is 48.4 Å². The van der Waals surface area contributed by atoms with Crippen LogP contribution in [-0.2, 0) is 11.2 Å². The van der Waals surface area contributed by atoms with Gasteiger partial charge in [0, 0.05) is 12.6 Å². The van der Waals surface area contributed by atoms with Gasteiger partial charge in [0.05, 0.1) is 18.2 Å². The normalized spacial score (nSPS) is 20.0. The molecule has 0 saturated heterocycles. The minimum atomic E-state index is 0.459. The summed E-state index contributed by atoms with van der Waals surface area (Å²) < 4.78 is 5.83. The van der Waals surface area contributed by atoms with E-state index < -0.39 is 0 Å². The molecule has 0 atom stereocenters. The lowest BCUT2D eigenvalue weighted by molar-refractivity contribution is 0.0670. The highest BCUT2D eigenvalue weighted by Crippen LogP contribution is 2.31. The van der Waals surface area contributed by atoms with E-state index in [9.17, 15) is 0 Å². The van der Waals surface area contributed by atoms with E-state index in [-0.39, 0.29) is 0 Å². The van der Waals surface area contributed by atoms with Gasteiger partial charge < -0.3 is 10.1 Å². The second-order valence-electron chi connectivity index (χ2n) is 6.34. The molecule has 1 fully saturated rings. The largest absolute Gasteiger partial charge is 0.381 e. The molecule has 2 heterocycles. The Kier molecular flexibility index (Phi) is 4.38. The summed E-state index contributed by atoms with van der Waals surface area (Å²) in [4.78, 5) is 8.48. The molecule has 2 N–H and O–H groups in total. The Morgan fingerprint density at radius 2 is 2.04 bits per heavy atom. The number of fused-ring (bicyclic) bond motifs is 1. The molecule has 6 heteroatoms. The number of nitrogens with one attached hydrogen (secondary N) is 2. The van der Waals surface area contributed by atoms with Gasteiger partial charge in [-0.25, -0.2) is 9.97 Å². The summed E-state index contributed by atoms with van der Waals surface area (Å²) in [6.07, 6.45) is 6.55. The number of ether oxygens (including phenoxy) is 1. The lowest BCUT2D eigenvalue weighted by atomic mass is 9.81. The standard InChI is InChI=1S/C18H21N5O/c1-2-4-13(5-3-1)6-7-24-11-14-8-15(9-14)22-17-16-10-21-23-18(16)20-12-19-17/h1-5,10,12,14-15H,6-9,11H2,(H2,19,20,21,22,23)/t14-,15+. The maximum Gasteiger partial charge on any atom is 0.160 e. The molecule has 6 nitrogen and oxygen atoms in total. The first kappa shape index (κ1) is 15.1. The van der Waals surface area contributed by atoms with Crippen LogP contribution in [0, 0.1) is 5.92 Å². The smallest absolute Gasteiger partial charge is 0.160 e. The number of nitrogens with zero attached hydrogens (tertiary/aromatic N) is 3. The minimum absolute atomic E-state index is 0.459. The average Bonchev–Trinajstić information content (AvgIpc) is 3.06. The van der Waals surface area contributed by atoms with E-state index in [1.54, 1.807) is 12.5 Å². The van der Waals surface area contributed by atoms with Crippen LogP contribution in [0.3, 0.4) is 0 Å². The molecular weight excluding hydrogens is 302 g/mol. The van der Waals surface area contributed by atoms with Crippen molar-refractivity contribution in [1.82, 2.24) is 20.2 Å². The Hall–Kier alpha value is -2.47. The molecule has 0 spiro atoms. The van der Waals surface area contributed by atoms with Crippen molar-refractivity contribution < 1.29 is 4.74 Å². The van der Waals surface area contributed by atoms with Gasteiger partial charge in [0.1, 0.15) is 12.1 Å². The molecule has 124 valence electrons. The number of hydrogen-bond acceptors (Lipinski definition) is 5. The van der Waals surface area contributed by atoms with Crippen molar-refractivity contribution in [2.75, 3.05) is 18.5 Å². The summed E-state index contributed by atoms with van der Waals surface area (Å²) in [7, 11) is 0. The summed E-state index contributed by atoms with van der Waals surface area (Å²) in [5.41, 5.74) is 2.10. The molecule has 24 heavy (non-hydrogen) atoms. The molecule has 4 rings (SSSR count). The van der Waals surface area contributed by atoms with Gasteiger partial charge in [-0.15, -0.1) is 0 Å². The van der Waals surface area contributed by atoms with E-state index in [2.05, 4.69) is 49.7 Å². The molecular formula is C18H21N5O. The molecule has 1 saturated carbocycles. The van der Waals surface area contributed by atoms with E-state index >= 15 is 0 Å². The molecule has 0 radical (unpaired) electrons. The Morgan fingerprint density at radius 3 is 2.92 bits per heavy atom. The number of benzene rings is 1. The van der Waals surface area contributed by atoms with Gasteiger partial charge in [0.2, 0.25) is 0 Å². The van der Waals surface area contributed by atoms with Crippen molar-refractivity contribution in [2.24, 2.45) is 5.92 Å². The van der Waals surface area contributed by atoms with E-state index in [0.717, 1.165) is 49.3 Å². The third-order valence-corrected chi connectivity index (χ3v) is 4.56. The van der Waals surface area contributed by atoms with Crippen LogP contribution in [0.5, 0.6) is 0 Å². The summed E-state index contributed by atoms with van der Waals surface area (Å²) in [5, 5.41) is 11.3. The Labute approximate surface area is 140 Å². The number of H-pyrrole nitrogens is 1. The van der Waals surface area contributed by atoms with E-state index in [1.165, 1.54) is 5.56 Å². The Bertz CT molecular complexity index is 782. The van der Waals surface area contributed by atoms with Crippen molar-refractivity contribution in [1.29, 1.82) is 0 Å². The van der Waals surface area contributed by atoms with Crippen LogP contribution in [0.4, 0.5) is 5.82 Å². The van der Waals surface area contributed by atoms with Gasteiger partial charge in [-0.2, -0.15) is 5.10 Å². The molecule has 3 aromatic rings. The minimum Gasteiger partial charge on any atom is -0.381 e. The van der Waals surface area contributed by atoms with Crippen LogP contribution in [-0.4, -0.2) is 39.4 Å². The fourth-order valence-corrected chi connectivity index (χ4v) is 3.15. The van der Waals surface area contributed by atoms with Gasteiger partial charge in [-0.1, -0.05) is 30.3 Å². The van der Waals surface area contributed by atoms with Gasteiger partial charge in [-0.3, -0.25) is 5.10 Å². The summed E-state index contributed by atoms with van der Waals surface area (Å²) in [6, 6.07) is 10.9. The summed E-state index contributed by atoms with van der Waals surface area (Å²) in [6.45, 7) is 1.63. The van der Waals surface area contributed by atoms with Gasteiger partial charge in [0.25, 0.3) is 0 Å². The van der Waals surface area contributed by atoms with Crippen molar-refractivity contribution in [2.45, 2.75) is 25.3 Å². The molecule has 0 amide bonds. The zero-order chi connectivity index (χ0) is 16.2. The molecule has 2 aromatic heterocycles. The van der Waals surface area contributed by atoms with Crippen molar-refractivity contribution in [3.63, 3.8) is 0 Å².